The summed E-state index contributed by atoms with van der Waals surface area (Å²) >= 11 is 12.8. The maximum atomic E-state index is 13.2. The second kappa shape index (κ2) is 10.6. The van der Waals surface area contributed by atoms with E-state index in [0.29, 0.717) is 39.7 Å². The van der Waals surface area contributed by atoms with E-state index in [0.717, 1.165) is 18.2 Å². The monoisotopic (exact) mass is 497 g/mol. The summed E-state index contributed by atoms with van der Waals surface area (Å²) in [6.45, 7) is 0. The first-order valence-corrected chi connectivity index (χ1v) is 11.9. The third kappa shape index (κ3) is 6.37. The zero-order valence-electron chi connectivity index (χ0n) is 16.9. The predicted octanol–water partition coefficient (Wildman–Crippen LogP) is 6.88. The topological polar surface area (TPSA) is 85.2 Å². The molecule has 0 aromatic heterocycles. The van der Waals surface area contributed by atoms with Crippen molar-refractivity contribution in [3.63, 3.8) is 0 Å². The molecule has 32 heavy (non-hydrogen) atoms. The number of ether oxygens (including phenoxy) is 1. The summed E-state index contributed by atoms with van der Waals surface area (Å²) < 4.78 is 34.5. The molecule has 1 N–H and O–H groups in total. The lowest BCUT2D eigenvalue weighted by Crippen LogP contribution is -2.01. The molecule has 3 aromatic carbocycles. The van der Waals surface area contributed by atoms with Gasteiger partial charge in [0.2, 0.25) is 0 Å². The standard InChI is InChI=1S/C22H19Cl2FNO5P/c1-30-32(28,29)13-31-18-11-20(23)19(21(24)12-18)10-15-4-7-22(26-27)16(9-15)8-14-2-5-17(25)6-3-14/h2-7,9,11-12H,8,10,13H2,1H3,(H,28,29). The number of benzene rings is 3. The van der Waals surface area contributed by atoms with Gasteiger partial charge in [-0.1, -0.05) is 47.5 Å². The second-order valence-electron chi connectivity index (χ2n) is 6.99. The minimum Gasteiger partial charge on any atom is -0.481 e. The van der Waals surface area contributed by atoms with Crippen LogP contribution in [0.25, 0.3) is 0 Å². The first kappa shape index (κ1) is 24.4. The van der Waals surface area contributed by atoms with Gasteiger partial charge in [0, 0.05) is 23.6 Å². The van der Waals surface area contributed by atoms with Crippen LogP contribution in [0.15, 0.2) is 59.8 Å². The Kier molecular flexibility index (Phi) is 8.04. The largest absolute Gasteiger partial charge is 0.481 e. The predicted molar refractivity (Wildman–Crippen MR) is 123 cm³/mol. The van der Waals surface area contributed by atoms with Crippen LogP contribution in [0.1, 0.15) is 22.3 Å². The second-order valence-corrected chi connectivity index (χ2v) is 9.71. The van der Waals surface area contributed by atoms with E-state index in [1.807, 2.05) is 6.07 Å². The summed E-state index contributed by atoms with van der Waals surface area (Å²) in [4.78, 5) is 20.7. The van der Waals surface area contributed by atoms with Crippen molar-refractivity contribution in [2.75, 3.05) is 13.5 Å². The van der Waals surface area contributed by atoms with Crippen molar-refractivity contribution in [1.82, 2.24) is 0 Å². The van der Waals surface area contributed by atoms with Crippen molar-refractivity contribution >= 4 is 36.5 Å². The Morgan fingerprint density at radius 1 is 1.00 bits per heavy atom. The van der Waals surface area contributed by atoms with Gasteiger partial charge in [0.1, 0.15) is 17.3 Å². The van der Waals surface area contributed by atoms with Crippen LogP contribution in [0.4, 0.5) is 10.1 Å². The Morgan fingerprint density at radius 2 is 1.62 bits per heavy atom. The lowest BCUT2D eigenvalue weighted by molar-refractivity contribution is 0.269. The van der Waals surface area contributed by atoms with Crippen LogP contribution in [-0.2, 0) is 21.9 Å². The van der Waals surface area contributed by atoms with Crippen LogP contribution in [0.2, 0.25) is 10.0 Å². The molecule has 6 nitrogen and oxygen atoms in total. The van der Waals surface area contributed by atoms with Gasteiger partial charge in [-0.25, -0.2) is 4.39 Å². The van der Waals surface area contributed by atoms with Crippen molar-refractivity contribution < 1.29 is 23.1 Å². The van der Waals surface area contributed by atoms with E-state index in [-0.39, 0.29) is 11.6 Å². The van der Waals surface area contributed by atoms with Gasteiger partial charge >= 0.3 is 7.60 Å². The summed E-state index contributed by atoms with van der Waals surface area (Å²) in [6.07, 6.45) is 0.233. The molecule has 0 radical (unpaired) electrons. The number of nitrogens with zero attached hydrogens (tertiary/aromatic N) is 1. The molecule has 0 aliphatic carbocycles. The minimum atomic E-state index is -3.84. The Hall–Kier alpha value is -2.28. The van der Waals surface area contributed by atoms with Crippen LogP contribution in [0, 0.1) is 10.7 Å². The lowest BCUT2D eigenvalue weighted by atomic mass is 9.97. The molecule has 0 amide bonds. The molecule has 3 rings (SSSR count). The highest BCUT2D eigenvalue weighted by atomic mass is 35.5. The van der Waals surface area contributed by atoms with Gasteiger partial charge in [0.25, 0.3) is 0 Å². The van der Waals surface area contributed by atoms with Crippen LogP contribution < -0.4 is 4.74 Å². The molecule has 0 heterocycles. The van der Waals surface area contributed by atoms with Crippen molar-refractivity contribution in [3.05, 3.63) is 97.6 Å². The van der Waals surface area contributed by atoms with E-state index in [1.165, 1.54) is 24.3 Å². The maximum absolute atomic E-state index is 13.2. The van der Waals surface area contributed by atoms with Gasteiger partial charge in [0.15, 0.2) is 6.35 Å². The minimum absolute atomic E-state index is 0.229. The SMILES string of the molecule is COP(=O)(O)COc1cc(Cl)c(Cc2ccc(N=O)c(Cc3ccc(F)cc3)c2)c(Cl)c1. The van der Waals surface area contributed by atoms with E-state index >= 15 is 0 Å². The number of halogens is 3. The molecular weight excluding hydrogens is 479 g/mol. The Morgan fingerprint density at radius 3 is 2.22 bits per heavy atom. The Bertz CT molecular complexity index is 1150. The fraction of sp³-hybridized carbons (Fsp3) is 0.182. The number of hydrogen-bond donors (Lipinski definition) is 1. The molecule has 1 unspecified atom stereocenters. The van der Waals surface area contributed by atoms with E-state index in [4.69, 9.17) is 27.9 Å². The zero-order chi connectivity index (χ0) is 23.3. The molecule has 3 aromatic rings. The van der Waals surface area contributed by atoms with Gasteiger partial charge in [-0.15, -0.1) is 4.91 Å². The van der Waals surface area contributed by atoms with Crippen molar-refractivity contribution in [2.24, 2.45) is 5.18 Å². The number of nitroso groups, excluding NO2 is 1. The van der Waals surface area contributed by atoms with Gasteiger partial charge in [0.05, 0.1) is 0 Å². The molecule has 0 bridgehead atoms. The molecule has 1 atom stereocenters. The maximum Gasteiger partial charge on any atom is 0.364 e. The molecule has 0 aliphatic rings. The molecule has 0 spiro atoms. The summed E-state index contributed by atoms with van der Waals surface area (Å²) in [5.41, 5.74) is 3.29. The summed E-state index contributed by atoms with van der Waals surface area (Å²) in [7, 11) is -2.73. The van der Waals surface area contributed by atoms with Gasteiger partial charge < -0.3 is 14.2 Å². The van der Waals surface area contributed by atoms with Crippen LogP contribution >= 0.6 is 30.8 Å². The molecule has 0 saturated heterocycles. The average molecular weight is 498 g/mol. The normalized spacial score (nSPS) is 12.9. The summed E-state index contributed by atoms with van der Waals surface area (Å²) in [5, 5.41) is 3.71. The van der Waals surface area contributed by atoms with Gasteiger partial charge in [-0.05, 0) is 64.2 Å². The first-order valence-electron chi connectivity index (χ1n) is 9.38. The van der Waals surface area contributed by atoms with Crippen LogP contribution in [0.5, 0.6) is 5.75 Å². The number of rotatable bonds is 9. The third-order valence-electron chi connectivity index (χ3n) is 4.73. The highest BCUT2D eigenvalue weighted by molar-refractivity contribution is 7.52. The highest BCUT2D eigenvalue weighted by Gasteiger charge is 2.19. The fourth-order valence-corrected chi connectivity index (χ4v) is 4.06. The molecule has 0 aliphatic heterocycles. The molecular formula is C22H19Cl2FNO5P. The Labute approximate surface area is 194 Å². The fourth-order valence-electron chi connectivity index (χ4n) is 3.05. The van der Waals surface area contributed by atoms with E-state index in [9.17, 15) is 18.8 Å². The van der Waals surface area contributed by atoms with Crippen molar-refractivity contribution in [2.45, 2.75) is 12.8 Å². The Balaban J connectivity index is 1.82. The third-order valence-corrected chi connectivity index (χ3v) is 6.43. The molecule has 10 heteroatoms. The molecule has 0 fully saturated rings. The summed E-state index contributed by atoms with van der Waals surface area (Å²) in [6, 6.07) is 14.2. The van der Waals surface area contributed by atoms with Crippen LogP contribution in [0.3, 0.4) is 0 Å². The zero-order valence-corrected chi connectivity index (χ0v) is 19.3. The average Bonchev–Trinajstić information content (AvgIpc) is 2.77. The van der Waals surface area contributed by atoms with Crippen molar-refractivity contribution in [1.29, 1.82) is 0 Å². The van der Waals surface area contributed by atoms with E-state index in [2.05, 4.69) is 9.70 Å². The first-order chi connectivity index (χ1) is 15.2. The smallest absolute Gasteiger partial charge is 0.364 e. The lowest BCUT2D eigenvalue weighted by Gasteiger charge is -2.14. The van der Waals surface area contributed by atoms with Gasteiger partial charge in [-0.2, -0.15) is 0 Å². The molecule has 168 valence electrons. The highest BCUT2D eigenvalue weighted by Crippen LogP contribution is 2.41. The van der Waals surface area contributed by atoms with E-state index in [1.54, 1.807) is 24.3 Å². The van der Waals surface area contributed by atoms with Crippen molar-refractivity contribution in [3.8, 4) is 5.75 Å². The van der Waals surface area contributed by atoms with Crippen LogP contribution in [-0.4, -0.2) is 18.4 Å². The number of hydrogen-bond acceptors (Lipinski definition) is 5. The summed E-state index contributed by atoms with van der Waals surface area (Å²) in [5.74, 6) is -0.107. The molecule has 0 saturated carbocycles. The van der Waals surface area contributed by atoms with E-state index < -0.39 is 13.9 Å². The van der Waals surface area contributed by atoms with Gasteiger partial charge in [-0.3, -0.25) is 4.57 Å². The quantitative estimate of drug-likeness (QED) is 0.257.